The lowest BCUT2D eigenvalue weighted by Gasteiger charge is -2.25. The van der Waals surface area contributed by atoms with Crippen molar-refractivity contribution in [3.63, 3.8) is 0 Å². The summed E-state index contributed by atoms with van der Waals surface area (Å²) in [5.41, 5.74) is 2.76. The number of hydrogen-bond acceptors (Lipinski definition) is 2. The van der Waals surface area contributed by atoms with Crippen LogP contribution in [0.1, 0.15) is 17.5 Å². The first-order valence-electron chi connectivity index (χ1n) is 5.64. The molecular weight excluding hydrogens is 186 g/mol. The van der Waals surface area contributed by atoms with Crippen LogP contribution in [0.25, 0.3) is 0 Å². The van der Waals surface area contributed by atoms with Crippen LogP contribution in [0.15, 0.2) is 24.3 Å². The molecule has 0 aromatic heterocycles. The van der Waals surface area contributed by atoms with E-state index < -0.39 is 0 Å². The zero-order chi connectivity index (χ0) is 10.5. The second-order valence-electron chi connectivity index (χ2n) is 4.87. The van der Waals surface area contributed by atoms with Crippen LogP contribution in [0.5, 0.6) is 0 Å². The molecule has 2 aliphatic rings. The molecular formula is C13H17NO. The van der Waals surface area contributed by atoms with Crippen LogP contribution in [-0.2, 0) is 10.3 Å². The number of benzene rings is 1. The van der Waals surface area contributed by atoms with Gasteiger partial charge in [0, 0.05) is 13.1 Å². The standard InChI is InChI=1S/C13H17NO/c1-10-3-5-11(6-4-10)13-7-8-14(2)9-12(13)15-13/h3-6,12H,7-9H2,1-2H3. The van der Waals surface area contributed by atoms with Crippen LogP contribution in [-0.4, -0.2) is 31.1 Å². The lowest BCUT2D eigenvalue weighted by Crippen LogP contribution is -2.35. The van der Waals surface area contributed by atoms with E-state index in [9.17, 15) is 0 Å². The van der Waals surface area contributed by atoms with Crippen molar-refractivity contribution in [2.75, 3.05) is 20.1 Å². The maximum absolute atomic E-state index is 5.92. The number of likely N-dealkylation sites (N-methyl/N-ethyl adjacent to an activating group) is 1. The van der Waals surface area contributed by atoms with E-state index in [-0.39, 0.29) is 5.60 Å². The summed E-state index contributed by atoms with van der Waals surface area (Å²) < 4.78 is 5.92. The lowest BCUT2D eigenvalue weighted by atomic mass is 9.89. The van der Waals surface area contributed by atoms with Gasteiger partial charge in [0.05, 0.1) is 0 Å². The Hall–Kier alpha value is -0.860. The number of hydrogen-bond donors (Lipinski definition) is 0. The maximum Gasteiger partial charge on any atom is 0.122 e. The van der Waals surface area contributed by atoms with E-state index in [1.165, 1.54) is 11.1 Å². The van der Waals surface area contributed by atoms with Crippen molar-refractivity contribution in [1.82, 2.24) is 4.90 Å². The van der Waals surface area contributed by atoms with Crippen molar-refractivity contribution in [1.29, 1.82) is 0 Å². The summed E-state index contributed by atoms with van der Waals surface area (Å²) in [4.78, 5) is 2.35. The van der Waals surface area contributed by atoms with E-state index in [1.54, 1.807) is 0 Å². The molecule has 2 saturated heterocycles. The molecule has 0 N–H and O–H groups in total. The fraction of sp³-hybridized carbons (Fsp3) is 0.538. The highest BCUT2D eigenvalue weighted by Crippen LogP contribution is 2.51. The van der Waals surface area contributed by atoms with E-state index in [0.717, 1.165) is 19.5 Å². The van der Waals surface area contributed by atoms with Crippen molar-refractivity contribution in [2.45, 2.75) is 25.0 Å². The van der Waals surface area contributed by atoms with E-state index >= 15 is 0 Å². The molecule has 80 valence electrons. The molecule has 2 aliphatic heterocycles. The number of aryl methyl sites for hydroxylation is 1. The fourth-order valence-electron chi connectivity index (χ4n) is 2.59. The Morgan fingerprint density at radius 3 is 2.73 bits per heavy atom. The van der Waals surface area contributed by atoms with Gasteiger partial charge in [0.1, 0.15) is 11.7 Å². The molecule has 2 unspecified atom stereocenters. The van der Waals surface area contributed by atoms with Gasteiger partial charge in [-0.1, -0.05) is 29.8 Å². The van der Waals surface area contributed by atoms with Crippen molar-refractivity contribution in [3.05, 3.63) is 35.4 Å². The Bertz CT molecular complexity index is 373. The first-order valence-corrected chi connectivity index (χ1v) is 5.64. The lowest BCUT2D eigenvalue weighted by molar-refractivity contribution is 0.263. The second kappa shape index (κ2) is 3.06. The van der Waals surface area contributed by atoms with Gasteiger partial charge in [0.25, 0.3) is 0 Å². The molecule has 2 fully saturated rings. The topological polar surface area (TPSA) is 15.8 Å². The highest BCUT2D eigenvalue weighted by molar-refractivity contribution is 5.33. The summed E-state index contributed by atoms with van der Waals surface area (Å²) in [6.45, 7) is 4.35. The van der Waals surface area contributed by atoms with Crippen LogP contribution < -0.4 is 0 Å². The number of nitrogens with zero attached hydrogens (tertiary/aromatic N) is 1. The third kappa shape index (κ3) is 1.40. The van der Waals surface area contributed by atoms with E-state index in [1.807, 2.05) is 0 Å². The Balaban J connectivity index is 1.87. The summed E-state index contributed by atoms with van der Waals surface area (Å²) in [5.74, 6) is 0. The summed E-state index contributed by atoms with van der Waals surface area (Å²) in [6.07, 6.45) is 1.57. The molecule has 2 heterocycles. The first-order chi connectivity index (χ1) is 7.21. The fourth-order valence-corrected chi connectivity index (χ4v) is 2.59. The number of ether oxygens (including phenoxy) is 1. The molecule has 0 bridgehead atoms. The molecule has 2 atom stereocenters. The highest BCUT2D eigenvalue weighted by atomic mass is 16.6. The van der Waals surface area contributed by atoms with Gasteiger partial charge in [-0.2, -0.15) is 0 Å². The van der Waals surface area contributed by atoms with Gasteiger partial charge in [0.2, 0.25) is 0 Å². The summed E-state index contributed by atoms with van der Waals surface area (Å²) in [6, 6.07) is 8.81. The SMILES string of the molecule is Cc1ccc(C23CCN(C)CC2O3)cc1. The molecule has 2 nitrogen and oxygen atoms in total. The normalized spacial score (nSPS) is 34.9. The highest BCUT2D eigenvalue weighted by Gasteiger charge is 2.59. The minimum Gasteiger partial charge on any atom is -0.360 e. The Morgan fingerprint density at radius 2 is 2.07 bits per heavy atom. The van der Waals surface area contributed by atoms with Gasteiger partial charge < -0.3 is 9.64 Å². The summed E-state index contributed by atoms with van der Waals surface area (Å²) in [5, 5.41) is 0. The van der Waals surface area contributed by atoms with Crippen LogP contribution in [0.4, 0.5) is 0 Å². The monoisotopic (exact) mass is 203 g/mol. The van der Waals surface area contributed by atoms with Crippen LogP contribution in [0.3, 0.4) is 0 Å². The number of likely N-dealkylation sites (tertiary alicyclic amines) is 1. The number of piperidine rings is 1. The average molecular weight is 203 g/mol. The second-order valence-corrected chi connectivity index (χ2v) is 4.87. The van der Waals surface area contributed by atoms with Gasteiger partial charge >= 0.3 is 0 Å². The third-order valence-electron chi connectivity index (χ3n) is 3.70. The van der Waals surface area contributed by atoms with E-state index in [0.29, 0.717) is 6.10 Å². The van der Waals surface area contributed by atoms with Crippen molar-refractivity contribution < 1.29 is 4.74 Å². The van der Waals surface area contributed by atoms with Crippen LogP contribution in [0, 0.1) is 6.92 Å². The van der Waals surface area contributed by atoms with Gasteiger partial charge in [-0.15, -0.1) is 0 Å². The molecule has 1 aromatic carbocycles. The molecule has 0 saturated carbocycles. The Kier molecular flexibility index (Phi) is 1.91. The Labute approximate surface area is 90.8 Å². The van der Waals surface area contributed by atoms with E-state index in [2.05, 4.69) is 43.1 Å². The van der Waals surface area contributed by atoms with Gasteiger partial charge in [-0.3, -0.25) is 0 Å². The van der Waals surface area contributed by atoms with Crippen molar-refractivity contribution in [2.24, 2.45) is 0 Å². The smallest absolute Gasteiger partial charge is 0.122 e. The average Bonchev–Trinajstić information content (AvgIpc) is 2.93. The summed E-state index contributed by atoms with van der Waals surface area (Å²) in [7, 11) is 2.17. The quantitative estimate of drug-likeness (QED) is 0.648. The number of epoxide rings is 1. The van der Waals surface area contributed by atoms with Gasteiger partial charge in [-0.25, -0.2) is 0 Å². The van der Waals surface area contributed by atoms with Crippen molar-refractivity contribution in [3.8, 4) is 0 Å². The predicted molar refractivity (Wildman–Crippen MR) is 59.8 cm³/mol. The number of fused-ring (bicyclic) bond motifs is 1. The molecule has 3 rings (SSSR count). The largest absolute Gasteiger partial charge is 0.360 e. The minimum atomic E-state index is 0.0697. The molecule has 1 aromatic rings. The van der Waals surface area contributed by atoms with Gasteiger partial charge in [0.15, 0.2) is 0 Å². The molecule has 0 spiro atoms. The zero-order valence-electron chi connectivity index (χ0n) is 9.36. The molecule has 0 aliphatic carbocycles. The van der Waals surface area contributed by atoms with Crippen LogP contribution in [0.2, 0.25) is 0 Å². The zero-order valence-corrected chi connectivity index (χ0v) is 9.36. The molecule has 15 heavy (non-hydrogen) atoms. The first kappa shape index (κ1) is 9.37. The Morgan fingerprint density at radius 1 is 1.33 bits per heavy atom. The minimum absolute atomic E-state index is 0.0697. The van der Waals surface area contributed by atoms with E-state index in [4.69, 9.17) is 4.74 Å². The van der Waals surface area contributed by atoms with Gasteiger partial charge in [-0.05, 0) is 26.0 Å². The maximum atomic E-state index is 5.92. The third-order valence-corrected chi connectivity index (χ3v) is 3.70. The predicted octanol–water partition coefficient (Wildman–Crippen LogP) is 1.92. The van der Waals surface area contributed by atoms with Crippen molar-refractivity contribution >= 4 is 0 Å². The summed E-state index contributed by atoms with van der Waals surface area (Å²) >= 11 is 0. The number of rotatable bonds is 1. The molecule has 2 heteroatoms. The molecule has 0 radical (unpaired) electrons. The molecule has 0 amide bonds. The van der Waals surface area contributed by atoms with Crippen LogP contribution >= 0.6 is 0 Å².